The van der Waals surface area contributed by atoms with Crippen molar-refractivity contribution in [3.05, 3.63) is 52.5 Å². The summed E-state index contributed by atoms with van der Waals surface area (Å²) in [5, 5.41) is 12.9. The average Bonchev–Trinajstić information content (AvgIpc) is 2.67. The van der Waals surface area contributed by atoms with Crippen molar-refractivity contribution in [2.24, 2.45) is 5.10 Å². The van der Waals surface area contributed by atoms with Crippen molar-refractivity contribution in [3.63, 3.8) is 0 Å². The number of nitrogens with one attached hydrogen (secondary N) is 1. The maximum Gasteiger partial charge on any atom is 0.344 e. The van der Waals surface area contributed by atoms with E-state index in [-0.39, 0.29) is 12.4 Å². The second kappa shape index (κ2) is 10.3. The third-order valence-corrected chi connectivity index (χ3v) is 3.92. The molecule has 0 aliphatic carbocycles. The third-order valence-electron chi connectivity index (χ3n) is 3.43. The number of para-hydroxylation sites is 1. The Labute approximate surface area is 170 Å². The first-order chi connectivity index (χ1) is 13.4. The van der Waals surface area contributed by atoms with Gasteiger partial charge < -0.3 is 19.3 Å². The van der Waals surface area contributed by atoms with Crippen LogP contribution in [0, 0.1) is 0 Å². The van der Waals surface area contributed by atoms with Crippen LogP contribution in [0.15, 0.2) is 52.0 Å². The molecule has 0 radical (unpaired) electrons. The Bertz CT molecular complexity index is 871. The number of carbonyl (C=O) groups is 2. The molecule has 148 valence electrons. The zero-order chi connectivity index (χ0) is 20.5. The highest BCUT2D eigenvalue weighted by Crippen LogP contribution is 2.31. The number of ether oxygens (including phenoxy) is 3. The average molecular weight is 451 g/mol. The van der Waals surface area contributed by atoms with Gasteiger partial charge in [0.05, 0.1) is 13.3 Å². The summed E-state index contributed by atoms with van der Waals surface area (Å²) in [4.78, 5) is 22.9. The van der Waals surface area contributed by atoms with Gasteiger partial charge in [-0.3, -0.25) is 4.79 Å². The molecule has 0 aromatic heterocycles. The molecule has 1 atom stereocenters. The van der Waals surface area contributed by atoms with Gasteiger partial charge in [-0.15, -0.1) is 0 Å². The van der Waals surface area contributed by atoms with Crippen LogP contribution in [0.4, 0.5) is 0 Å². The number of carbonyl (C=O) groups excluding carboxylic acids is 1. The molecule has 2 aromatic carbocycles. The summed E-state index contributed by atoms with van der Waals surface area (Å²) in [6.07, 6.45) is 0.250. The lowest BCUT2D eigenvalue weighted by molar-refractivity contribution is -0.144. The molecule has 0 fully saturated rings. The summed E-state index contributed by atoms with van der Waals surface area (Å²) in [6.45, 7) is 1.18. The SMILES string of the molecule is COc1cccc(/C=N/NC(=O)COc2cccc(Br)c2)c1O[C@H](C)C(=O)O. The van der Waals surface area contributed by atoms with Crippen molar-refractivity contribution in [1.29, 1.82) is 0 Å². The summed E-state index contributed by atoms with van der Waals surface area (Å²) in [7, 11) is 1.44. The number of hydrogen-bond acceptors (Lipinski definition) is 6. The van der Waals surface area contributed by atoms with E-state index >= 15 is 0 Å². The Morgan fingerprint density at radius 3 is 2.71 bits per heavy atom. The second-order valence-electron chi connectivity index (χ2n) is 5.52. The Morgan fingerprint density at radius 1 is 1.29 bits per heavy atom. The molecule has 0 heterocycles. The van der Waals surface area contributed by atoms with E-state index in [0.717, 1.165) is 4.47 Å². The number of aliphatic carboxylic acids is 1. The zero-order valence-electron chi connectivity index (χ0n) is 15.2. The molecule has 2 rings (SSSR count). The number of halogens is 1. The highest BCUT2D eigenvalue weighted by atomic mass is 79.9. The molecule has 28 heavy (non-hydrogen) atoms. The Kier molecular flexibility index (Phi) is 7.82. The van der Waals surface area contributed by atoms with Crippen LogP contribution in [0.25, 0.3) is 0 Å². The molecule has 2 N–H and O–H groups in total. The highest BCUT2D eigenvalue weighted by molar-refractivity contribution is 9.10. The predicted octanol–water partition coefficient (Wildman–Crippen LogP) is 2.84. The van der Waals surface area contributed by atoms with Gasteiger partial charge in [-0.1, -0.05) is 28.1 Å². The first-order valence-electron chi connectivity index (χ1n) is 8.17. The fraction of sp³-hybridized carbons (Fsp3) is 0.211. The van der Waals surface area contributed by atoms with E-state index in [1.807, 2.05) is 6.07 Å². The molecular formula is C19H19BrN2O6. The van der Waals surface area contributed by atoms with Crippen LogP contribution in [0.2, 0.25) is 0 Å². The number of amides is 1. The maximum atomic E-state index is 11.9. The van der Waals surface area contributed by atoms with Crippen molar-refractivity contribution in [1.82, 2.24) is 5.43 Å². The predicted molar refractivity (Wildman–Crippen MR) is 106 cm³/mol. The smallest absolute Gasteiger partial charge is 0.344 e. The van der Waals surface area contributed by atoms with Crippen LogP contribution in [0.1, 0.15) is 12.5 Å². The van der Waals surface area contributed by atoms with Crippen LogP contribution < -0.4 is 19.6 Å². The van der Waals surface area contributed by atoms with Crippen LogP contribution in [0.5, 0.6) is 17.2 Å². The number of carboxylic acids is 1. The largest absolute Gasteiger partial charge is 0.493 e. The molecule has 0 spiro atoms. The summed E-state index contributed by atoms with van der Waals surface area (Å²) < 4.78 is 16.8. The summed E-state index contributed by atoms with van der Waals surface area (Å²) in [5.74, 6) is -0.475. The van der Waals surface area contributed by atoms with Crippen molar-refractivity contribution in [2.75, 3.05) is 13.7 Å². The monoisotopic (exact) mass is 450 g/mol. The quantitative estimate of drug-likeness (QED) is 0.449. The minimum Gasteiger partial charge on any atom is -0.493 e. The van der Waals surface area contributed by atoms with Crippen LogP contribution >= 0.6 is 15.9 Å². The fourth-order valence-electron chi connectivity index (χ4n) is 2.06. The van der Waals surface area contributed by atoms with Crippen LogP contribution in [-0.4, -0.2) is 43.0 Å². The van der Waals surface area contributed by atoms with Crippen LogP contribution in [-0.2, 0) is 9.59 Å². The molecule has 0 saturated heterocycles. The lowest BCUT2D eigenvalue weighted by atomic mass is 10.2. The Balaban J connectivity index is 2.00. The van der Waals surface area contributed by atoms with Crippen molar-refractivity contribution >= 4 is 34.0 Å². The lowest BCUT2D eigenvalue weighted by Gasteiger charge is -2.15. The van der Waals surface area contributed by atoms with E-state index in [2.05, 4.69) is 26.5 Å². The van der Waals surface area contributed by atoms with Gasteiger partial charge in [0.25, 0.3) is 5.91 Å². The van der Waals surface area contributed by atoms with E-state index in [9.17, 15) is 9.59 Å². The van der Waals surface area contributed by atoms with Crippen molar-refractivity contribution in [3.8, 4) is 17.2 Å². The number of benzene rings is 2. The molecule has 0 aliphatic rings. The normalized spacial score (nSPS) is 11.7. The number of hydrazone groups is 1. The van der Waals surface area contributed by atoms with Gasteiger partial charge >= 0.3 is 5.97 Å². The molecule has 0 unspecified atom stereocenters. The molecule has 2 aromatic rings. The first kappa shape index (κ1) is 21.2. The zero-order valence-corrected chi connectivity index (χ0v) is 16.8. The summed E-state index contributed by atoms with van der Waals surface area (Å²) in [5.41, 5.74) is 2.78. The van der Waals surface area contributed by atoms with Crippen molar-refractivity contribution in [2.45, 2.75) is 13.0 Å². The standard InChI is InChI=1S/C19H19BrN2O6/c1-12(19(24)25)28-18-13(5-3-8-16(18)26-2)10-21-22-17(23)11-27-15-7-4-6-14(20)9-15/h3-10,12H,11H2,1-2H3,(H,22,23)(H,24,25)/b21-10+/t12-/m1/s1. The van der Waals surface area contributed by atoms with Gasteiger partial charge in [-0.2, -0.15) is 5.10 Å². The van der Waals surface area contributed by atoms with Gasteiger partial charge in [0.2, 0.25) is 0 Å². The van der Waals surface area contributed by atoms with E-state index < -0.39 is 18.0 Å². The van der Waals surface area contributed by atoms with Gasteiger partial charge in [-0.05, 0) is 37.3 Å². The van der Waals surface area contributed by atoms with Gasteiger partial charge in [0, 0.05) is 10.0 Å². The Morgan fingerprint density at radius 2 is 2.04 bits per heavy atom. The lowest BCUT2D eigenvalue weighted by Crippen LogP contribution is -2.25. The molecular weight excluding hydrogens is 432 g/mol. The number of nitrogens with zero attached hydrogens (tertiary/aromatic N) is 1. The van der Waals surface area contributed by atoms with E-state index in [4.69, 9.17) is 19.3 Å². The van der Waals surface area contributed by atoms with E-state index in [1.165, 1.54) is 20.2 Å². The van der Waals surface area contributed by atoms with Crippen LogP contribution in [0.3, 0.4) is 0 Å². The topological polar surface area (TPSA) is 106 Å². The number of hydrogen-bond donors (Lipinski definition) is 2. The first-order valence-corrected chi connectivity index (χ1v) is 8.96. The van der Waals surface area contributed by atoms with E-state index in [0.29, 0.717) is 17.1 Å². The number of rotatable bonds is 9. The minimum absolute atomic E-state index is 0.211. The third kappa shape index (κ3) is 6.27. The fourth-order valence-corrected chi connectivity index (χ4v) is 2.44. The number of carboxylic acid groups (broad SMARTS) is 1. The Hall–Kier alpha value is -3.07. The molecule has 0 saturated carbocycles. The van der Waals surface area contributed by atoms with E-state index in [1.54, 1.807) is 36.4 Å². The minimum atomic E-state index is -1.12. The molecule has 8 nitrogen and oxygen atoms in total. The highest BCUT2D eigenvalue weighted by Gasteiger charge is 2.18. The van der Waals surface area contributed by atoms with Gasteiger partial charge in [0.1, 0.15) is 5.75 Å². The maximum absolute atomic E-state index is 11.9. The summed E-state index contributed by atoms with van der Waals surface area (Å²) >= 11 is 3.32. The molecule has 9 heteroatoms. The summed E-state index contributed by atoms with van der Waals surface area (Å²) in [6, 6.07) is 12.1. The molecule has 1 amide bonds. The van der Waals surface area contributed by atoms with Crippen molar-refractivity contribution < 1.29 is 28.9 Å². The molecule has 0 aliphatic heterocycles. The number of methoxy groups -OCH3 is 1. The van der Waals surface area contributed by atoms with Gasteiger partial charge in [0.15, 0.2) is 24.2 Å². The van der Waals surface area contributed by atoms with Gasteiger partial charge in [-0.25, -0.2) is 10.2 Å². The molecule has 0 bridgehead atoms. The second-order valence-corrected chi connectivity index (χ2v) is 6.43.